The van der Waals surface area contributed by atoms with E-state index in [2.05, 4.69) is 30.7 Å². The zero-order valence-corrected chi connectivity index (χ0v) is 20.0. The smallest absolute Gasteiger partial charge is 0.263 e. The molecule has 0 bridgehead atoms. The van der Waals surface area contributed by atoms with Crippen LogP contribution in [-0.2, 0) is 16.4 Å². The highest BCUT2D eigenvalue weighted by Crippen LogP contribution is 2.30. The van der Waals surface area contributed by atoms with Crippen molar-refractivity contribution in [1.29, 1.82) is 0 Å². The van der Waals surface area contributed by atoms with Gasteiger partial charge in [0.15, 0.2) is 0 Å². The van der Waals surface area contributed by atoms with Gasteiger partial charge in [-0.1, -0.05) is 19.4 Å². The van der Waals surface area contributed by atoms with Crippen LogP contribution in [0.2, 0.25) is 0 Å². The minimum absolute atomic E-state index is 0.136. The Bertz CT molecular complexity index is 1400. The maximum Gasteiger partial charge on any atom is 0.263 e. The monoisotopic (exact) mass is 516 g/mol. The normalized spacial score (nSPS) is 11.8. The van der Waals surface area contributed by atoms with E-state index in [1.807, 2.05) is 25.1 Å². The Morgan fingerprint density at radius 3 is 2.72 bits per heavy atom. The van der Waals surface area contributed by atoms with Gasteiger partial charge in [-0.2, -0.15) is 5.10 Å². The van der Waals surface area contributed by atoms with E-state index >= 15 is 0 Å². The average Bonchev–Trinajstić information content (AvgIpc) is 3.12. The van der Waals surface area contributed by atoms with E-state index in [0.29, 0.717) is 23.4 Å². The second kappa shape index (κ2) is 8.99. The van der Waals surface area contributed by atoms with Crippen LogP contribution in [0, 0.1) is 12.7 Å². The van der Waals surface area contributed by atoms with Crippen molar-refractivity contribution in [2.45, 2.75) is 38.0 Å². The van der Waals surface area contributed by atoms with Crippen LogP contribution >= 0.6 is 15.9 Å². The highest BCUT2D eigenvalue weighted by molar-refractivity contribution is 9.10. The predicted molar refractivity (Wildman–Crippen MR) is 127 cm³/mol. The van der Waals surface area contributed by atoms with Crippen molar-refractivity contribution in [3.63, 3.8) is 0 Å². The molecule has 0 aliphatic rings. The van der Waals surface area contributed by atoms with Gasteiger partial charge in [0.2, 0.25) is 0 Å². The zero-order valence-electron chi connectivity index (χ0n) is 17.6. The third-order valence-corrected chi connectivity index (χ3v) is 7.12. The van der Waals surface area contributed by atoms with E-state index in [1.54, 1.807) is 25.3 Å². The number of anilines is 1. The predicted octanol–water partition coefficient (Wildman–Crippen LogP) is 5.77. The van der Waals surface area contributed by atoms with Crippen LogP contribution in [0.5, 0.6) is 0 Å². The SMILES string of the molecule is CCCCc1ccc(S(=O)(=O)Nc2cc(C)nn2-c2ccc(Br)c3ncccc23)cc1F. The fourth-order valence-corrected chi connectivity index (χ4v) is 5.02. The minimum Gasteiger partial charge on any atom is -0.263 e. The third kappa shape index (κ3) is 4.40. The van der Waals surface area contributed by atoms with E-state index in [1.165, 1.54) is 16.8 Å². The molecule has 2 aromatic heterocycles. The standard InChI is InChI=1S/C23H22BrFN4O2S/c1-3-4-6-16-8-9-17(14-20(16)25)32(30,31)28-22-13-15(2)27-29(22)21-11-10-19(24)23-18(21)7-5-12-26-23/h5,7-14,28H,3-4,6H2,1-2H3. The number of hydrogen-bond acceptors (Lipinski definition) is 4. The molecule has 166 valence electrons. The van der Waals surface area contributed by atoms with E-state index in [-0.39, 0.29) is 10.7 Å². The summed E-state index contributed by atoms with van der Waals surface area (Å²) in [6.45, 7) is 3.80. The number of nitrogens with zero attached hydrogens (tertiary/aromatic N) is 3. The molecular weight excluding hydrogens is 495 g/mol. The summed E-state index contributed by atoms with van der Waals surface area (Å²) in [5.74, 6) is -0.263. The Kier molecular flexibility index (Phi) is 6.30. The van der Waals surface area contributed by atoms with Gasteiger partial charge in [-0.3, -0.25) is 9.71 Å². The molecule has 0 atom stereocenters. The van der Waals surface area contributed by atoms with Gasteiger partial charge in [0, 0.05) is 22.1 Å². The van der Waals surface area contributed by atoms with Crippen LogP contribution in [0.4, 0.5) is 10.2 Å². The molecule has 4 rings (SSSR count). The van der Waals surface area contributed by atoms with E-state index in [0.717, 1.165) is 34.3 Å². The lowest BCUT2D eigenvalue weighted by molar-refractivity contribution is 0.587. The van der Waals surface area contributed by atoms with Crippen molar-refractivity contribution in [3.05, 3.63) is 76.3 Å². The maximum atomic E-state index is 14.5. The molecule has 0 saturated carbocycles. The molecular formula is C23H22BrFN4O2S. The fourth-order valence-electron chi connectivity index (χ4n) is 3.53. The average molecular weight is 517 g/mol. The number of hydrogen-bond donors (Lipinski definition) is 1. The van der Waals surface area contributed by atoms with Gasteiger partial charge in [0.1, 0.15) is 11.6 Å². The topological polar surface area (TPSA) is 76.9 Å². The number of nitrogens with one attached hydrogen (secondary N) is 1. The molecule has 0 amide bonds. The van der Waals surface area contributed by atoms with Crippen LogP contribution in [0.3, 0.4) is 0 Å². The number of fused-ring (bicyclic) bond motifs is 1. The van der Waals surface area contributed by atoms with Gasteiger partial charge in [-0.15, -0.1) is 0 Å². The molecule has 1 N–H and O–H groups in total. The Balaban J connectivity index is 1.73. The van der Waals surface area contributed by atoms with Crippen LogP contribution in [0.15, 0.2) is 64.1 Å². The van der Waals surface area contributed by atoms with Crippen LogP contribution in [0.1, 0.15) is 31.0 Å². The number of aromatic nitrogens is 3. The third-order valence-electron chi connectivity index (χ3n) is 5.13. The Morgan fingerprint density at radius 1 is 1.16 bits per heavy atom. The van der Waals surface area contributed by atoms with Gasteiger partial charge < -0.3 is 0 Å². The summed E-state index contributed by atoms with van der Waals surface area (Å²) < 4.78 is 45.5. The van der Waals surface area contributed by atoms with Gasteiger partial charge >= 0.3 is 0 Å². The van der Waals surface area contributed by atoms with Gasteiger partial charge in [-0.05, 0) is 77.7 Å². The molecule has 9 heteroatoms. The number of unbranched alkanes of at least 4 members (excludes halogenated alkanes) is 1. The molecule has 0 unspecified atom stereocenters. The molecule has 0 saturated heterocycles. The molecule has 2 aromatic carbocycles. The lowest BCUT2D eigenvalue weighted by Gasteiger charge is -2.13. The van der Waals surface area contributed by atoms with Crippen molar-refractivity contribution >= 4 is 42.7 Å². The summed E-state index contributed by atoms with van der Waals surface area (Å²) in [4.78, 5) is 4.26. The van der Waals surface area contributed by atoms with Crippen molar-refractivity contribution in [3.8, 4) is 5.69 Å². The van der Waals surface area contributed by atoms with Gasteiger partial charge in [0.05, 0.1) is 21.8 Å². The highest BCUT2D eigenvalue weighted by Gasteiger charge is 2.21. The summed E-state index contributed by atoms with van der Waals surface area (Å²) in [5.41, 5.74) is 2.55. The molecule has 0 spiro atoms. The maximum absolute atomic E-state index is 14.5. The Labute approximate surface area is 194 Å². The molecule has 6 nitrogen and oxygen atoms in total. The van der Waals surface area contributed by atoms with Crippen LogP contribution < -0.4 is 4.72 Å². The molecule has 4 aromatic rings. The number of halogens is 2. The van der Waals surface area contributed by atoms with E-state index < -0.39 is 15.8 Å². The quantitative estimate of drug-likeness (QED) is 0.338. The highest BCUT2D eigenvalue weighted by atomic mass is 79.9. The first kappa shape index (κ1) is 22.4. The minimum atomic E-state index is -4.03. The van der Waals surface area contributed by atoms with Crippen molar-refractivity contribution in [2.24, 2.45) is 0 Å². The van der Waals surface area contributed by atoms with E-state index in [4.69, 9.17) is 0 Å². The lowest BCUT2D eigenvalue weighted by Crippen LogP contribution is -2.16. The molecule has 32 heavy (non-hydrogen) atoms. The fraction of sp³-hybridized carbons (Fsp3) is 0.217. The molecule has 0 radical (unpaired) electrons. The molecule has 2 heterocycles. The number of rotatable bonds is 7. The number of pyridine rings is 1. The molecule has 0 aliphatic heterocycles. The van der Waals surface area contributed by atoms with Crippen LogP contribution in [0.25, 0.3) is 16.6 Å². The molecule has 0 fully saturated rings. The lowest BCUT2D eigenvalue weighted by atomic mass is 10.1. The summed E-state index contributed by atoms with van der Waals surface area (Å²) in [6, 6.07) is 13.0. The largest absolute Gasteiger partial charge is 0.263 e. The summed E-state index contributed by atoms with van der Waals surface area (Å²) >= 11 is 3.50. The summed E-state index contributed by atoms with van der Waals surface area (Å²) in [6.07, 6.45) is 4.04. The Morgan fingerprint density at radius 2 is 1.97 bits per heavy atom. The van der Waals surface area contributed by atoms with Crippen molar-refractivity contribution in [1.82, 2.24) is 14.8 Å². The number of sulfonamides is 1. The Hall–Kier alpha value is -2.78. The van der Waals surface area contributed by atoms with Crippen molar-refractivity contribution < 1.29 is 12.8 Å². The van der Waals surface area contributed by atoms with Crippen molar-refractivity contribution in [2.75, 3.05) is 4.72 Å². The second-order valence-corrected chi connectivity index (χ2v) is 10.0. The summed E-state index contributed by atoms with van der Waals surface area (Å²) in [7, 11) is -4.03. The van der Waals surface area contributed by atoms with Gasteiger partial charge in [0.25, 0.3) is 10.0 Å². The van der Waals surface area contributed by atoms with Gasteiger partial charge in [-0.25, -0.2) is 17.5 Å². The molecule has 0 aliphatic carbocycles. The first-order chi connectivity index (χ1) is 15.3. The van der Waals surface area contributed by atoms with Crippen LogP contribution in [-0.4, -0.2) is 23.2 Å². The first-order valence-electron chi connectivity index (χ1n) is 10.2. The zero-order chi connectivity index (χ0) is 22.9. The first-order valence-corrected chi connectivity index (χ1v) is 12.5. The summed E-state index contributed by atoms with van der Waals surface area (Å²) in [5, 5.41) is 5.28. The number of aryl methyl sites for hydroxylation is 2. The second-order valence-electron chi connectivity index (χ2n) is 7.51. The number of benzene rings is 2. The van der Waals surface area contributed by atoms with E-state index in [9.17, 15) is 12.8 Å².